The van der Waals surface area contributed by atoms with E-state index in [1.807, 2.05) is 26.2 Å². The van der Waals surface area contributed by atoms with Gasteiger partial charge in [0.1, 0.15) is 11.9 Å². The van der Waals surface area contributed by atoms with E-state index in [-0.39, 0.29) is 17.5 Å². The predicted molar refractivity (Wildman–Crippen MR) is 90.2 cm³/mol. The zero-order chi connectivity index (χ0) is 16.8. The molecular weight excluding hydrogens is 288 g/mol. The minimum absolute atomic E-state index is 0.00263. The molecule has 0 aliphatic heterocycles. The molecule has 23 heavy (non-hydrogen) atoms. The summed E-state index contributed by atoms with van der Waals surface area (Å²) in [4.78, 5) is 12.2. The van der Waals surface area contributed by atoms with E-state index in [1.54, 1.807) is 0 Å². The van der Waals surface area contributed by atoms with Gasteiger partial charge in [-0.25, -0.2) is 4.79 Å². The van der Waals surface area contributed by atoms with Crippen molar-refractivity contribution in [2.75, 3.05) is 0 Å². The van der Waals surface area contributed by atoms with Crippen LogP contribution in [0.2, 0.25) is 0 Å². The molecule has 4 atom stereocenters. The van der Waals surface area contributed by atoms with Crippen LogP contribution in [-0.2, 0) is 22.4 Å². The summed E-state index contributed by atoms with van der Waals surface area (Å²) in [5.41, 5.74) is 3.51. The lowest BCUT2D eigenvalue weighted by atomic mass is 9.54. The highest BCUT2D eigenvalue weighted by Crippen LogP contribution is 2.53. The molecule has 0 spiro atoms. The summed E-state index contributed by atoms with van der Waals surface area (Å²) in [6.45, 7) is 10.6. The fourth-order valence-electron chi connectivity index (χ4n) is 4.41. The van der Waals surface area contributed by atoms with Gasteiger partial charge in [-0.15, -0.1) is 0 Å². The Morgan fingerprint density at radius 3 is 2.87 bits per heavy atom. The topological polar surface area (TPSA) is 39.4 Å². The summed E-state index contributed by atoms with van der Waals surface area (Å²) in [6, 6.07) is 0. The van der Waals surface area contributed by atoms with E-state index in [4.69, 9.17) is 9.15 Å². The third-order valence-corrected chi connectivity index (χ3v) is 6.47. The number of fused-ring (bicyclic) bond motifs is 2. The number of ether oxygens (including phenoxy) is 1. The maximum Gasteiger partial charge on any atom is 0.333 e. The molecule has 1 fully saturated rings. The fraction of sp³-hybridized carbons (Fsp3) is 0.650. The number of carbonyl (C=O) groups excluding carboxylic acids is 1. The van der Waals surface area contributed by atoms with Crippen molar-refractivity contribution < 1.29 is 13.9 Å². The molecule has 4 unspecified atom stereocenters. The van der Waals surface area contributed by atoms with Gasteiger partial charge in [0.25, 0.3) is 0 Å². The molecule has 0 N–H and O–H groups in total. The minimum atomic E-state index is -0.171. The molecule has 1 saturated carbocycles. The zero-order valence-corrected chi connectivity index (χ0v) is 14.9. The number of esters is 1. The molecule has 126 valence electrons. The van der Waals surface area contributed by atoms with Gasteiger partial charge in [-0.1, -0.05) is 19.9 Å². The van der Waals surface area contributed by atoms with E-state index >= 15 is 0 Å². The summed E-state index contributed by atoms with van der Waals surface area (Å²) in [7, 11) is 0. The smallest absolute Gasteiger partial charge is 0.333 e. The molecule has 0 bridgehead atoms. The second kappa shape index (κ2) is 5.85. The average Bonchev–Trinajstić information content (AvgIpc) is 2.88. The Morgan fingerprint density at radius 2 is 2.17 bits per heavy atom. The first-order chi connectivity index (χ1) is 10.9. The lowest BCUT2D eigenvalue weighted by Crippen LogP contribution is -2.51. The van der Waals surface area contributed by atoms with Gasteiger partial charge in [0.05, 0.1) is 6.26 Å². The maximum absolute atomic E-state index is 12.2. The summed E-state index contributed by atoms with van der Waals surface area (Å²) in [6.07, 6.45) is 7.69. The standard InChI is InChI=1S/C20H28O3/c1-6-12(2)19(21)23-17-8-7-14(4)20(5)10-15-13(3)11-22-18(15)9-16(17)20/h6,11,14,16-17H,7-10H2,1-5H3. The van der Waals surface area contributed by atoms with Gasteiger partial charge in [0, 0.05) is 17.9 Å². The third-order valence-electron chi connectivity index (χ3n) is 6.47. The lowest BCUT2D eigenvalue weighted by Gasteiger charge is -2.51. The Balaban J connectivity index is 1.89. The normalized spacial score (nSPS) is 33.8. The van der Waals surface area contributed by atoms with Crippen molar-refractivity contribution in [2.24, 2.45) is 17.3 Å². The van der Waals surface area contributed by atoms with Crippen molar-refractivity contribution in [3.63, 3.8) is 0 Å². The molecule has 2 aliphatic carbocycles. The number of hydrogen-bond donors (Lipinski definition) is 0. The van der Waals surface area contributed by atoms with Gasteiger partial charge in [-0.2, -0.15) is 0 Å². The number of hydrogen-bond acceptors (Lipinski definition) is 3. The largest absolute Gasteiger partial charge is 0.469 e. The van der Waals surface area contributed by atoms with Gasteiger partial charge in [0.2, 0.25) is 0 Å². The first-order valence-electron chi connectivity index (χ1n) is 8.76. The number of carbonyl (C=O) groups is 1. The van der Waals surface area contributed by atoms with Crippen LogP contribution in [0.4, 0.5) is 0 Å². The van der Waals surface area contributed by atoms with Crippen LogP contribution in [0.1, 0.15) is 57.4 Å². The molecule has 3 nitrogen and oxygen atoms in total. The Kier molecular flexibility index (Phi) is 4.16. The van der Waals surface area contributed by atoms with Crippen LogP contribution < -0.4 is 0 Å². The van der Waals surface area contributed by atoms with Crippen molar-refractivity contribution in [1.82, 2.24) is 0 Å². The second-order valence-electron chi connectivity index (χ2n) is 7.71. The monoisotopic (exact) mass is 316 g/mol. The third kappa shape index (κ3) is 2.64. The Labute approximate surface area is 139 Å². The molecule has 2 aliphatic rings. The van der Waals surface area contributed by atoms with E-state index in [0.29, 0.717) is 17.4 Å². The van der Waals surface area contributed by atoms with Crippen LogP contribution in [0.15, 0.2) is 22.3 Å². The van der Waals surface area contributed by atoms with Crippen LogP contribution in [0.3, 0.4) is 0 Å². The predicted octanol–water partition coefficient (Wildman–Crippen LogP) is 4.62. The molecule has 1 aromatic heterocycles. The van der Waals surface area contributed by atoms with Gasteiger partial charge in [-0.05, 0) is 62.5 Å². The minimum Gasteiger partial charge on any atom is -0.469 e. The number of aryl methyl sites for hydroxylation is 1. The van der Waals surface area contributed by atoms with E-state index < -0.39 is 0 Å². The first-order valence-corrected chi connectivity index (χ1v) is 8.76. The van der Waals surface area contributed by atoms with Crippen molar-refractivity contribution in [3.8, 4) is 0 Å². The SMILES string of the molecule is CC=C(C)C(=O)OC1CCC(C)C2(C)Cc3c(C)coc3CC12. The number of allylic oxidation sites excluding steroid dienone is 1. The maximum atomic E-state index is 12.2. The van der Waals surface area contributed by atoms with Crippen LogP contribution >= 0.6 is 0 Å². The molecule has 0 aromatic carbocycles. The molecule has 0 radical (unpaired) electrons. The zero-order valence-electron chi connectivity index (χ0n) is 14.9. The lowest BCUT2D eigenvalue weighted by molar-refractivity contribution is -0.157. The van der Waals surface area contributed by atoms with E-state index in [1.165, 1.54) is 11.1 Å². The second-order valence-corrected chi connectivity index (χ2v) is 7.71. The van der Waals surface area contributed by atoms with Crippen LogP contribution in [-0.4, -0.2) is 12.1 Å². The van der Waals surface area contributed by atoms with Crippen LogP contribution in [0.5, 0.6) is 0 Å². The molecule has 3 heteroatoms. The van der Waals surface area contributed by atoms with E-state index in [0.717, 1.165) is 31.4 Å². The van der Waals surface area contributed by atoms with Gasteiger partial charge in [-0.3, -0.25) is 0 Å². The van der Waals surface area contributed by atoms with Gasteiger partial charge < -0.3 is 9.15 Å². The summed E-state index contributed by atoms with van der Waals surface area (Å²) in [5, 5.41) is 0. The molecule has 3 rings (SSSR count). The summed E-state index contributed by atoms with van der Waals surface area (Å²) >= 11 is 0. The van der Waals surface area contributed by atoms with E-state index in [2.05, 4.69) is 20.8 Å². The highest BCUT2D eigenvalue weighted by Gasteiger charge is 2.51. The van der Waals surface area contributed by atoms with Crippen LogP contribution in [0.25, 0.3) is 0 Å². The first kappa shape index (κ1) is 16.4. The molecule has 0 amide bonds. The molecule has 0 saturated heterocycles. The highest BCUT2D eigenvalue weighted by atomic mass is 16.5. The Morgan fingerprint density at radius 1 is 1.43 bits per heavy atom. The van der Waals surface area contributed by atoms with Crippen molar-refractivity contribution in [3.05, 3.63) is 34.8 Å². The number of furan rings is 1. The molecule has 1 heterocycles. The highest BCUT2D eigenvalue weighted by molar-refractivity contribution is 5.87. The quantitative estimate of drug-likeness (QED) is 0.590. The molecule has 1 aromatic rings. The van der Waals surface area contributed by atoms with E-state index in [9.17, 15) is 4.79 Å². The summed E-state index contributed by atoms with van der Waals surface area (Å²) in [5.74, 6) is 1.91. The molecular formula is C20H28O3. The fourth-order valence-corrected chi connectivity index (χ4v) is 4.41. The number of rotatable bonds is 2. The van der Waals surface area contributed by atoms with Crippen molar-refractivity contribution in [2.45, 2.75) is 66.4 Å². The van der Waals surface area contributed by atoms with Gasteiger partial charge in [0.15, 0.2) is 0 Å². The Hall–Kier alpha value is -1.51. The average molecular weight is 316 g/mol. The summed E-state index contributed by atoms with van der Waals surface area (Å²) < 4.78 is 11.7. The van der Waals surface area contributed by atoms with Crippen LogP contribution in [0, 0.1) is 24.2 Å². The van der Waals surface area contributed by atoms with Gasteiger partial charge >= 0.3 is 5.97 Å². The van der Waals surface area contributed by atoms with Crippen molar-refractivity contribution in [1.29, 1.82) is 0 Å². The van der Waals surface area contributed by atoms with Crippen molar-refractivity contribution >= 4 is 5.97 Å². The Bertz CT molecular complexity index is 639.